The van der Waals surface area contributed by atoms with Crippen molar-refractivity contribution < 1.29 is 4.42 Å². The summed E-state index contributed by atoms with van der Waals surface area (Å²) < 4.78 is 6.49. The van der Waals surface area contributed by atoms with E-state index in [2.05, 4.69) is 175 Å². The van der Waals surface area contributed by atoms with Gasteiger partial charge < -0.3 is 9.32 Å². The predicted molar refractivity (Wildman–Crippen MR) is 218 cm³/mol. The third kappa shape index (κ3) is 5.10. The van der Waals surface area contributed by atoms with Crippen LogP contribution in [-0.4, -0.2) is 4.98 Å². The Morgan fingerprint density at radius 3 is 1.90 bits per heavy atom. The summed E-state index contributed by atoms with van der Waals surface area (Å²) in [5.41, 5.74) is 12.7. The molecule has 0 aliphatic carbocycles. The number of anilines is 3. The topological polar surface area (TPSA) is 29.3 Å². The van der Waals surface area contributed by atoms with Crippen molar-refractivity contribution in [2.45, 2.75) is 0 Å². The van der Waals surface area contributed by atoms with Crippen LogP contribution in [0.25, 0.3) is 77.0 Å². The second-order valence-corrected chi connectivity index (χ2v) is 13.2. The van der Waals surface area contributed by atoms with E-state index >= 15 is 0 Å². The molecule has 0 aliphatic rings. The van der Waals surface area contributed by atoms with E-state index in [1.54, 1.807) is 0 Å². The van der Waals surface area contributed by atoms with Gasteiger partial charge in [0.25, 0.3) is 0 Å². The molecule has 0 atom stereocenters. The van der Waals surface area contributed by atoms with E-state index in [4.69, 9.17) is 9.40 Å². The van der Waals surface area contributed by atoms with Gasteiger partial charge in [0.1, 0.15) is 11.1 Å². The van der Waals surface area contributed by atoms with Crippen molar-refractivity contribution in [2.75, 3.05) is 4.90 Å². The van der Waals surface area contributed by atoms with E-state index in [1.807, 2.05) is 24.4 Å². The monoisotopic (exact) mass is 664 g/mol. The summed E-state index contributed by atoms with van der Waals surface area (Å²) in [6.07, 6.45) is 1.96. The first-order valence-electron chi connectivity index (χ1n) is 17.6. The van der Waals surface area contributed by atoms with Crippen LogP contribution in [0.4, 0.5) is 17.1 Å². The molecule has 0 aliphatic heterocycles. The molecule has 0 N–H and O–H groups in total. The average Bonchev–Trinajstić information content (AvgIpc) is 3.61. The molecule has 8 aromatic carbocycles. The fourth-order valence-electron chi connectivity index (χ4n) is 7.60. The molecular formula is C49H32N2O. The molecule has 0 fully saturated rings. The first-order valence-corrected chi connectivity index (χ1v) is 17.6. The van der Waals surface area contributed by atoms with E-state index in [1.165, 1.54) is 38.6 Å². The van der Waals surface area contributed by atoms with Crippen LogP contribution in [0, 0.1) is 0 Å². The summed E-state index contributed by atoms with van der Waals surface area (Å²) in [6, 6.07) is 66.9. The van der Waals surface area contributed by atoms with Gasteiger partial charge in [0.15, 0.2) is 5.58 Å². The average molecular weight is 665 g/mol. The van der Waals surface area contributed by atoms with Gasteiger partial charge in [0.05, 0.1) is 0 Å². The third-order valence-corrected chi connectivity index (χ3v) is 10.1. The Morgan fingerprint density at radius 1 is 0.385 bits per heavy atom. The number of pyridine rings is 1. The molecule has 10 rings (SSSR count). The second kappa shape index (κ2) is 12.4. The lowest BCUT2D eigenvalue weighted by Gasteiger charge is -2.28. The molecule has 52 heavy (non-hydrogen) atoms. The lowest BCUT2D eigenvalue weighted by molar-refractivity contribution is 0.672. The molecule has 2 aromatic heterocycles. The molecule has 0 unspecified atom stereocenters. The van der Waals surface area contributed by atoms with Gasteiger partial charge in [-0.05, 0) is 92.7 Å². The van der Waals surface area contributed by atoms with Crippen LogP contribution in [0.3, 0.4) is 0 Å². The Hall–Kier alpha value is -6.97. The zero-order valence-corrected chi connectivity index (χ0v) is 28.3. The summed E-state index contributed by atoms with van der Waals surface area (Å²) in [5.74, 6) is 0. The molecule has 3 nitrogen and oxygen atoms in total. The van der Waals surface area contributed by atoms with Crippen LogP contribution in [0.1, 0.15) is 0 Å². The van der Waals surface area contributed by atoms with Gasteiger partial charge in [0.2, 0.25) is 0 Å². The lowest BCUT2D eigenvalue weighted by atomic mass is 9.90. The van der Waals surface area contributed by atoms with Gasteiger partial charge >= 0.3 is 0 Å². The maximum absolute atomic E-state index is 6.49. The minimum absolute atomic E-state index is 0.800. The maximum atomic E-state index is 6.49. The molecule has 0 radical (unpaired) electrons. The lowest BCUT2D eigenvalue weighted by Crippen LogP contribution is -2.10. The summed E-state index contributed by atoms with van der Waals surface area (Å²) in [7, 11) is 0. The van der Waals surface area contributed by atoms with Gasteiger partial charge in [-0.2, -0.15) is 0 Å². The number of nitrogens with zero attached hydrogens (tertiary/aromatic N) is 2. The van der Waals surface area contributed by atoms with Gasteiger partial charge in [-0.25, -0.2) is 0 Å². The van der Waals surface area contributed by atoms with Crippen molar-refractivity contribution in [3.63, 3.8) is 0 Å². The second-order valence-electron chi connectivity index (χ2n) is 13.2. The Labute approximate surface area is 301 Å². The van der Waals surface area contributed by atoms with Crippen molar-refractivity contribution in [3.8, 4) is 33.4 Å². The quantitative estimate of drug-likeness (QED) is 0.177. The minimum Gasteiger partial charge on any atom is -0.454 e. The highest BCUT2D eigenvalue weighted by Gasteiger charge is 2.20. The Morgan fingerprint density at radius 2 is 1.04 bits per heavy atom. The summed E-state index contributed by atoms with van der Waals surface area (Å²) in [6.45, 7) is 0. The normalized spacial score (nSPS) is 11.5. The zero-order valence-electron chi connectivity index (χ0n) is 28.3. The number of para-hydroxylation sites is 1. The van der Waals surface area contributed by atoms with Crippen molar-refractivity contribution >= 4 is 60.7 Å². The Bertz CT molecular complexity index is 2910. The van der Waals surface area contributed by atoms with Gasteiger partial charge in [-0.15, -0.1) is 0 Å². The molecule has 0 saturated carbocycles. The van der Waals surface area contributed by atoms with E-state index in [-0.39, 0.29) is 0 Å². The first-order chi connectivity index (χ1) is 25.8. The number of hydrogen-bond acceptors (Lipinski definition) is 3. The number of rotatable bonds is 6. The third-order valence-electron chi connectivity index (χ3n) is 10.1. The van der Waals surface area contributed by atoms with Crippen LogP contribution in [0.2, 0.25) is 0 Å². The van der Waals surface area contributed by atoms with Crippen LogP contribution in [0.15, 0.2) is 199 Å². The molecule has 244 valence electrons. The van der Waals surface area contributed by atoms with Crippen molar-refractivity contribution in [2.24, 2.45) is 0 Å². The number of benzene rings is 8. The summed E-state index contributed by atoms with van der Waals surface area (Å²) in [4.78, 5) is 7.20. The highest BCUT2D eigenvalue weighted by Crippen LogP contribution is 2.44. The number of furan rings is 1. The van der Waals surface area contributed by atoms with Gasteiger partial charge in [-0.3, -0.25) is 4.98 Å². The Balaban J connectivity index is 1.24. The van der Waals surface area contributed by atoms with Crippen molar-refractivity contribution in [1.82, 2.24) is 4.98 Å². The van der Waals surface area contributed by atoms with E-state index < -0.39 is 0 Å². The standard InChI is InChI=1S/C49H32N2O/c1-3-13-33(14-4-1)36-19-11-20-38(29-36)51(39-26-25-37-32-50-48-44-22-9-10-24-47(44)52-49(48)45(37)30-39)40-27-28-42(34-15-5-2-6-16-34)46(31-40)43-23-12-18-35-17-7-8-21-41(35)43/h1-32H. The van der Waals surface area contributed by atoms with Crippen LogP contribution in [-0.2, 0) is 0 Å². The highest BCUT2D eigenvalue weighted by atomic mass is 16.3. The fraction of sp³-hybridized carbons (Fsp3) is 0. The molecule has 10 aromatic rings. The number of aromatic nitrogens is 1. The van der Waals surface area contributed by atoms with E-state index in [0.717, 1.165) is 55.5 Å². The predicted octanol–water partition coefficient (Wildman–Crippen LogP) is 13.8. The summed E-state index contributed by atoms with van der Waals surface area (Å²) >= 11 is 0. The van der Waals surface area contributed by atoms with Crippen LogP contribution in [0.5, 0.6) is 0 Å². The fourth-order valence-corrected chi connectivity index (χ4v) is 7.60. The zero-order chi connectivity index (χ0) is 34.4. The van der Waals surface area contributed by atoms with Crippen molar-refractivity contribution in [1.29, 1.82) is 0 Å². The molecule has 0 bridgehead atoms. The largest absolute Gasteiger partial charge is 0.454 e. The van der Waals surface area contributed by atoms with Crippen molar-refractivity contribution in [3.05, 3.63) is 194 Å². The molecule has 0 spiro atoms. The molecule has 0 saturated heterocycles. The van der Waals surface area contributed by atoms with Gasteiger partial charge in [-0.1, -0.05) is 140 Å². The first kappa shape index (κ1) is 29.9. The minimum atomic E-state index is 0.800. The molecular weight excluding hydrogens is 633 g/mol. The van der Waals surface area contributed by atoms with Gasteiger partial charge in [0, 0.05) is 39.4 Å². The molecule has 0 amide bonds. The van der Waals surface area contributed by atoms with Crippen LogP contribution < -0.4 is 4.90 Å². The number of hydrogen-bond donors (Lipinski definition) is 0. The smallest absolute Gasteiger partial charge is 0.161 e. The number of fused-ring (bicyclic) bond motifs is 6. The van der Waals surface area contributed by atoms with E-state index in [0.29, 0.717) is 0 Å². The van der Waals surface area contributed by atoms with Crippen LogP contribution >= 0.6 is 0 Å². The van der Waals surface area contributed by atoms with E-state index in [9.17, 15) is 0 Å². The summed E-state index contributed by atoms with van der Waals surface area (Å²) in [5, 5.41) is 5.52. The molecule has 3 heteroatoms. The maximum Gasteiger partial charge on any atom is 0.161 e. The Kier molecular flexibility index (Phi) is 7.14. The SMILES string of the molecule is c1ccc(-c2cccc(N(c3ccc(-c4ccccc4)c(-c4cccc5ccccc45)c3)c3ccc4cnc5c6ccccc6oc5c4c3)c2)cc1. The highest BCUT2D eigenvalue weighted by molar-refractivity contribution is 6.13. The molecule has 2 heterocycles.